The largest absolute Gasteiger partial charge is 0.493 e. The normalized spacial score (nSPS) is 23.7. The highest BCUT2D eigenvalue weighted by molar-refractivity contribution is 5.96. The van der Waals surface area contributed by atoms with E-state index < -0.39 is 41.9 Å². The van der Waals surface area contributed by atoms with Crippen LogP contribution in [-0.2, 0) is 19.1 Å². The number of hydrogen-bond donors (Lipinski definition) is 1. The van der Waals surface area contributed by atoms with E-state index >= 15 is 0 Å². The maximum absolute atomic E-state index is 13.5. The van der Waals surface area contributed by atoms with Crippen LogP contribution >= 0.6 is 0 Å². The summed E-state index contributed by atoms with van der Waals surface area (Å²) >= 11 is 0. The molecule has 4 atom stereocenters. The van der Waals surface area contributed by atoms with Gasteiger partial charge in [-0.2, -0.15) is 0 Å². The number of amides is 2. The van der Waals surface area contributed by atoms with E-state index in [9.17, 15) is 14.4 Å². The molecule has 0 saturated carbocycles. The number of ether oxygens (including phenoxy) is 3. The summed E-state index contributed by atoms with van der Waals surface area (Å²) in [6.07, 6.45) is 0. The first-order chi connectivity index (χ1) is 15.1. The zero-order valence-corrected chi connectivity index (χ0v) is 17.3. The Morgan fingerprint density at radius 2 is 1.77 bits per heavy atom. The van der Waals surface area contributed by atoms with Crippen molar-refractivity contribution < 1.29 is 28.6 Å². The molecule has 0 spiro atoms. The van der Waals surface area contributed by atoms with Crippen molar-refractivity contribution in [2.75, 3.05) is 25.6 Å². The highest BCUT2D eigenvalue weighted by Gasteiger charge is 2.60. The number of carbonyl (C=O) groups is 3. The standard InChI is InChI=1S/C23H24N2O6/c1-3-30-22(27)20-18(21(26)29-2)16-13-31-17-12-8-7-11-15(17)19(16)25(20)23(28)24-14-9-5-4-6-10-14/h4-12,16,18-20H,3,13H2,1-2H3,(H,24,28)/t16-,18-,19+,20+/m0/s1. The highest BCUT2D eigenvalue weighted by atomic mass is 16.5. The molecule has 1 N–H and O–H groups in total. The van der Waals surface area contributed by atoms with Crippen LogP contribution < -0.4 is 10.1 Å². The molecule has 0 bridgehead atoms. The number of nitrogens with zero attached hydrogens (tertiary/aromatic N) is 1. The molecule has 2 aliphatic heterocycles. The summed E-state index contributed by atoms with van der Waals surface area (Å²) in [5.74, 6) is -1.98. The van der Waals surface area contributed by atoms with Crippen molar-refractivity contribution in [3.05, 3.63) is 60.2 Å². The van der Waals surface area contributed by atoms with E-state index in [0.717, 1.165) is 5.56 Å². The smallest absolute Gasteiger partial charge is 0.329 e. The summed E-state index contributed by atoms with van der Waals surface area (Å²) in [5, 5.41) is 2.84. The lowest BCUT2D eigenvalue weighted by Gasteiger charge is -2.34. The third-order valence-corrected chi connectivity index (χ3v) is 5.74. The molecule has 2 heterocycles. The van der Waals surface area contributed by atoms with Crippen molar-refractivity contribution in [2.24, 2.45) is 11.8 Å². The minimum Gasteiger partial charge on any atom is -0.493 e. The van der Waals surface area contributed by atoms with Crippen LogP contribution in [0.15, 0.2) is 54.6 Å². The third kappa shape index (κ3) is 3.69. The van der Waals surface area contributed by atoms with Gasteiger partial charge in [-0.15, -0.1) is 0 Å². The second kappa shape index (κ2) is 8.67. The van der Waals surface area contributed by atoms with Gasteiger partial charge in [0.1, 0.15) is 11.8 Å². The Morgan fingerprint density at radius 3 is 2.48 bits per heavy atom. The fourth-order valence-corrected chi connectivity index (χ4v) is 4.49. The maximum Gasteiger partial charge on any atom is 0.329 e. The lowest BCUT2D eigenvalue weighted by molar-refractivity contribution is -0.157. The first kappa shape index (κ1) is 20.7. The van der Waals surface area contributed by atoms with Gasteiger partial charge < -0.3 is 24.4 Å². The van der Waals surface area contributed by atoms with Crippen molar-refractivity contribution in [1.29, 1.82) is 0 Å². The molecule has 2 aromatic carbocycles. The molecule has 2 aliphatic rings. The monoisotopic (exact) mass is 424 g/mol. The Hall–Kier alpha value is -3.55. The summed E-state index contributed by atoms with van der Waals surface area (Å²) in [6, 6.07) is 14.1. The van der Waals surface area contributed by atoms with Crippen LogP contribution in [0.25, 0.3) is 0 Å². The molecular weight excluding hydrogens is 400 g/mol. The summed E-state index contributed by atoms with van der Waals surface area (Å²) in [7, 11) is 1.27. The van der Waals surface area contributed by atoms with E-state index in [2.05, 4.69) is 5.32 Å². The first-order valence-corrected chi connectivity index (χ1v) is 10.2. The third-order valence-electron chi connectivity index (χ3n) is 5.74. The summed E-state index contributed by atoms with van der Waals surface area (Å²) in [6.45, 7) is 1.98. The Kier molecular flexibility index (Phi) is 5.79. The topological polar surface area (TPSA) is 94.2 Å². The number of carbonyl (C=O) groups excluding carboxylic acids is 3. The number of nitrogens with one attached hydrogen (secondary N) is 1. The number of benzene rings is 2. The molecular formula is C23H24N2O6. The van der Waals surface area contributed by atoms with Gasteiger partial charge in [-0.25, -0.2) is 9.59 Å². The van der Waals surface area contributed by atoms with E-state index in [1.54, 1.807) is 31.2 Å². The van der Waals surface area contributed by atoms with Crippen molar-refractivity contribution in [3.8, 4) is 5.75 Å². The van der Waals surface area contributed by atoms with Crippen LogP contribution in [0, 0.1) is 11.8 Å². The second-order valence-electron chi connectivity index (χ2n) is 7.41. The number of anilines is 1. The van der Waals surface area contributed by atoms with Gasteiger partial charge in [0.25, 0.3) is 0 Å². The molecule has 2 amide bonds. The number of para-hydroxylation sites is 2. The quantitative estimate of drug-likeness (QED) is 0.759. The zero-order valence-electron chi connectivity index (χ0n) is 17.3. The first-order valence-electron chi connectivity index (χ1n) is 10.2. The molecule has 0 aliphatic carbocycles. The Morgan fingerprint density at radius 1 is 1.06 bits per heavy atom. The van der Waals surface area contributed by atoms with Crippen LogP contribution in [-0.4, -0.2) is 49.2 Å². The van der Waals surface area contributed by atoms with Crippen LogP contribution in [0.1, 0.15) is 18.5 Å². The van der Waals surface area contributed by atoms with E-state index in [4.69, 9.17) is 14.2 Å². The van der Waals surface area contributed by atoms with Gasteiger partial charge in [-0.1, -0.05) is 36.4 Å². The van der Waals surface area contributed by atoms with Gasteiger partial charge in [0.05, 0.1) is 32.3 Å². The molecule has 8 heteroatoms. The average molecular weight is 424 g/mol. The number of fused-ring (bicyclic) bond motifs is 3. The van der Waals surface area contributed by atoms with Gasteiger partial charge in [0, 0.05) is 17.2 Å². The van der Waals surface area contributed by atoms with Gasteiger partial charge in [-0.3, -0.25) is 4.79 Å². The molecule has 8 nitrogen and oxygen atoms in total. The van der Waals surface area contributed by atoms with Crippen molar-refractivity contribution in [2.45, 2.75) is 19.0 Å². The lowest BCUT2D eigenvalue weighted by atomic mass is 9.83. The van der Waals surface area contributed by atoms with Gasteiger partial charge in [-0.05, 0) is 25.1 Å². The number of rotatable bonds is 4. The molecule has 0 radical (unpaired) electrons. The Labute approximate surface area is 180 Å². The number of likely N-dealkylation sites (tertiary alicyclic amines) is 1. The predicted octanol–water partition coefficient (Wildman–Crippen LogP) is 3.00. The summed E-state index contributed by atoms with van der Waals surface area (Å²) in [5.41, 5.74) is 1.32. The van der Waals surface area contributed by atoms with Crippen LogP contribution in [0.3, 0.4) is 0 Å². The molecule has 162 valence electrons. The van der Waals surface area contributed by atoms with E-state index in [-0.39, 0.29) is 13.2 Å². The summed E-state index contributed by atoms with van der Waals surface area (Å²) < 4.78 is 16.2. The van der Waals surface area contributed by atoms with Gasteiger partial charge in [0.2, 0.25) is 0 Å². The minimum absolute atomic E-state index is 0.125. The minimum atomic E-state index is -1.14. The molecule has 2 aromatic rings. The predicted molar refractivity (Wildman–Crippen MR) is 111 cm³/mol. The maximum atomic E-state index is 13.5. The fourth-order valence-electron chi connectivity index (χ4n) is 4.49. The average Bonchev–Trinajstić information content (AvgIpc) is 3.15. The molecule has 31 heavy (non-hydrogen) atoms. The number of urea groups is 1. The molecule has 1 fully saturated rings. The molecule has 1 saturated heterocycles. The molecule has 0 aromatic heterocycles. The van der Waals surface area contributed by atoms with Crippen LogP contribution in [0.2, 0.25) is 0 Å². The number of esters is 2. The summed E-state index contributed by atoms with van der Waals surface area (Å²) in [4.78, 5) is 40.7. The van der Waals surface area contributed by atoms with Gasteiger partial charge in [0.15, 0.2) is 0 Å². The van der Waals surface area contributed by atoms with E-state index in [0.29, 0.717) is 11.4 Å². The lowest BCUT2D eigenvalue weighted by Crippen LogP contribution is -2.48. The van der Waals surface area contributed by atoms with E-state index in [1.807, 2.05) is 30.3 Å². The van der Waals surface area contributed by atoms with Crippen LogP contribution in [0.5, 0.6) is 5.75 Å². The SMILES string of the molecule is CCOC(=O)[C@H]1[C@@H](C(=O)OC)[C@@H]2COc3ccccc3[C@H]2N1C(=O)Nc1ccccc1. The Bertz CT molecular complexity index is 979. The number of methoxy groups -OCH3 is 1. The van der Waals surface area contributed by atoms with Crippen LogP contribution in [0.4, 0.5) is 10.5 Å². The van der Waals surface area contributed by atoms with Crippen molar-refractivity contribution >= 4 is 23.7 Å². The second-order valence-corrected chi connectivity index (χ2v) is 7.41. The van der Waals surface area contributed by atoms with Crippen molar-refractivity contribution in [3.63, 3.8) is 0 Å². The van der Waals surface area contributed by atoms with E-state index in [1.165, 1.54) is 12.0 Å². The number of hydrogen-bond acceptors (Lipinski definition) is 6. The van der Waals surface area contributed by atoms with Crippen molar-refractivity contribution in [1.82, 2.24) is 4.90 Å². The highest BCUT2D eigenvalue weighted by Crippen LogP contribution is 2.51. The van der Waals surface area contributed by atoms with Gasteiger partial charge >= 0.3 is 18.0 Å². The fraction of sp³-hybridized carbons (Fsp3) is 0.348. The molecule has 0 unspecified atom stereocenters. The molecule has 4 rings (SSSR count). The Balaban J connectivity index is 1.81. The zero-order chi connectivity index (χ0) is 22.0.